The van der Waals surface area contributed by atoms with Gasteiger partial charge < -0.3 is 10.1 Å². The largest absolute Gasteiger partial charge is 0.495 e. The number of para-hydroxylation sites is 2. The van der Waals surface area contributed by atoms with E-state index in [0.29, 0.717) is 0 Å². The fourth-order valence-corrected chi connectivity index (χ4v) is 3.38. The highest BCUT2D eigenvalue weighted by atomic mass is 16.5. The summed E-state index contributed by atoms with van der Waals surface area (Å²) in [4.78, 5) is 12.9. The lowest BCUT2D eigenvalue weighted by molar-refractivity contribution is 0.103. The molecule has 25 heavy (non-hydrogen) atoms. The van der Waals surface area contributed by atoms with E-state index in [1.165, 1.54) is 0 Å². The van der Waals surface area contributed by atoms with Gasteiger partial charge >= 0.3 is 0 Å². The summed E-state index contributed by atoms with van der Waals surface area (Å²) in [5.41, 5.74) is 5.71. The first kappa shape index (κ1) is 15.5. The van der Waals surface area contributed by atoms with E-state index in [4.69, 9.17) is 4.74 Å². The first-order valence-corrected chi connectivity index (χ1v) is 8.42. The lowest BCUT2D eigenvalue weighted by atomic mass is 9.98. The Kier molecular flexibility index (Phi) is 3.98. The molecule has 0 spiro atoms. The summed E-state index contributed by atoms with van der Waals surface area (Å²) < 4.78 is 5.39. The van der Waals surface area contributed by atoms with Crippen molar-refractivity contribution in [1.82, 2.24) is 0 Å². The molecule has 3 aromatic rings. The minimum absolute atomic E-state index is 0.118. The van der Waals surface area contributed by atoms with Crippen molar-refractivity contribution in [1.29, 1.82) is 0 Å². The highest BCUT2D eigenvalue weighted by Crippen LogP contribution is 2.30. The molecule has 0 heterocycles. The third-order valence-electron chi connectivity index (χ3n) is 4.66. The molecule has 3 nitrogen and oxygen atoms in total. The van der Waals surface area contributed by atoms with E-state index in [-0.39, 0.29) is 5.78 Å². The van der Waals surface area contributed by atoms with E-state index in [1.54, 1.807) is 7.11 Å². The number of carbonyl (C=O) groups excluding carboxylic acids is 1. The van der Waals surface area contributed by atoms with Gasteiger partial charge in [-0.1, -0.05) is 36.4 Å². The van der Waals surface area contributed by atoms with Crippen LogP contribution in [0.2, 0.25) is 0 Å². The number of rotatable bonds is 3. The number of methoxy groups -OCH3 is 1. The lowest BCUT2D eigenvalue weighted by Gasteiger charge is -2.13. The van der Waals surface area contributed by atoms with Gasteiger partial charge in [-0.05, 0) is 54.3 Å². The molecule has 0 saturated carbocycles. The first-order valence-electron chi connectivity index (χ1n) is 8.42. The highest BCUT2D eigenvalue weighted by molar-refractivity contribution is 6.11. The molecule has 4 rings (SSSR count). The second kappa shape index (κ2) is 6.44. The molecule has 0 atom stereocenters. The van der Waals surface area contributed by atoms with Crippen LogP contribution in [0.3, 0.4) is 0 Å². The van der Waals surface area contributed by atoms with Crippen LogP contribution in [0.4, 0.5) is 11.4 Å². The lowest BCUT2D eigenvalue weighted by Crippen LogP contribution is -2.04. The highest BCUT2D eigenvalue weighted by Gasteiger charge is 2.20. The summed E-state index contributed by atoms with van der Waals surface area (Å²) in [5, 5.41) is 3.39. The van der Waals surface area contributed by atoms with Crippen molar-refractivity contribution in [3.8, 4) is 5.75 Å². The monoisotopic (exact) mass is 329 g/mol. The molecule has 0 fully saturated rings. The van der Waals surface area contributed by atoms with Crippen LogP contribution in [0, 0.1) is 0 Å². The van der Waals surface area contributed by atoms with Crippen molar-refractivity contribution in [2.75, 3.05) is 12.4 Å². The molecule has 0 radical (unpaired) electrons. The molecule has 0 aliphatic heterocycles. The topological polar surface area (TPSA) is 38.3 Å². The number of anilines is 2. The Morgan fingerprint density at radius 3 is 2.44 bits per heavy atom. The maximum Gasteiger partial charge on any atom is 0.193 e. The van der Waals surface area contributed by atoms with Gasteiger partial charge in [0.15, 0.2) is 5.78 Å². The Balaban J connectivity index is 1.68. The quantitative estimate of drug-likeness (QED) is 0.752. The third-order valence-corrected chi connectivity index (χ3v) is 4.66. The second-order valence-corrected chi connectivity index (χ2v) is 6.18. The van der Waals surface area contributed by atoms with E-state index in [9.17, 15) is 4.79 Å². The molecular weight excluding hydrogens is 310 g/mol. The number of hydrogen-bond donors (Lipinski definition) is 1. The predicted molar refractivity (Wildman–Crippen MR) is 100 cm³/mol. The van der Waals surface area contributed by atoms with E-state index in [1.807, 2.05) is 60.7 Å². The summed E-state index contributed by atoms with van der Waals surface area (Å²) >= 11 is 0. The summed E-state index contributed by atoms with van der Waals surface area (Å²) in [5.74, 6) is 0.910. The Hall–Kier alpha value is -3.07. The van der Waals surface area contributed by atoms with Crippen molar-refractivity contribution < 1.29 is 9.53 Å². The van der Waals surface area contributed by atoms with E-state index in [0.717, 1.165) is 52.2 Å². The zero-order valence-electron chi connectivity index (χ0n) is 14.1. The van der Waals surface area contributed by atoms with Gasteiger partial charge in [-0.3, -0.25) is 4.79 Å². The molecule has 1 aliphatic rings. The zero-order valence-corrected chi connectivity index (χ0v) is 14.1. The summed E-state index contributed by atoms with van der Waals surface area (Å²) in [7, 11) is 1.66. The number of nitrogens with one attached hydrogen (secondary N) is 1. The van der Waals surface area contributed by atoms with Crippen LogP contribution in [-0.4, -0.2) is 12.9 Å². The van der Waals surface area contributed by atoms with Crippen LogP contribution < -0.4 is 10.1 Å². The van der Waals surface area contributed by atoms with Crippen LogP contribution in [0.25, 0.3) is 0 Å². The van der Waals surface area contributed by atoms with Gasteiger partial charge in [0.05, 0.1) is 12.8 Å². The number of aryl methyl sites for hydroxylation is 2. The Labute approximate surface area is 147 Å². The number of ether oxygens (including phenoxy) is 1. The Bertz CT molecular complexity index is 946. The van der Waals surface area contributed by atoms with Crippen LogP contribution in [0.15, 0.2) is 66.7 Å². The summed E-state index contributed by atoms with van der Waals surface area (Å²) in [6.07, 6.45) is 1.74. The third kappa shape index (κ3) is 2.89. The standard InChI is InChI=1S/C22H19NO2/c1-25-21-9-5-4-8-20(21)23-17-12-13-19-16(14-17)11-10-15-6-2-3-7-18(15)22(19)24/h2-9,12-14,23H,10-11H2,1H3. The number of carbonyl (C=O) groups is 1. The van der Waals surface area contributed by atoms with Gasteiger partial charge in [0.2, 0.25) is 0 Å². The molecule has 3 heteroatoms. The average Bonchev–Trinajstić information content (AvgIpc) is 2.79. The van der Waals surface area contributed by atoms with E-state index >= 15 is 0 Å². The van der Waals surface area contributed by atoms with Crippen LogP contribution >= 0.6 is 0 Å². The average molecular weight is 329 g/mol. The number of fused-ring (bicyclic) bond motifs is 2. The van der Waals surface area contributed by atoms with Crippen molar-refractivity contribution in [2.24, 2.45) is 0 Å². The fourth-order valence-electron chi connectivity index (χ4n) is 3.38. The predicted octanol–water partition coefficient (Wildman–Crippen LogP) is 4.77. The maximum atomic E-state index is 12.9. The van der Waals surface area contributed by atoms with E-state index in [2.05, 4.69) is 11.4 Å². The normalized spacial score (nSPS) is 12.8. The molecule has 1 aliphatic carbocycles. The second-order valence-electron chi connectivity index (χ2n) is 6.18. The Morgan fingerprint density at radius 1 is 0.840 bits per heavy atom. The smallest absolute Gasteiger partial charge is 0.193 e. The van der Waals surface area contributed by atoms with Crippen LogP contribution in [-0.2, 0) is 12.8 Å². The molecule has 0 saturated heterocycles. The van der Waals surface area contributed by atoms with Gasteiger partial charge in [-0.25, -0.2) is 0 Å². The van der Waals surface area contributed by atoms with Crippen molar-refractivity contribution in [3.05, 3.63) is 89.0 Å². The number of benzene rings is 3. The molecule has 0 amide bonds. The zero-order chi connectivity index (χ0) is 17.2. The summed E-state index contributed by atoms with van der Waals surface area (Å²) in [6.45, 7) is 0. The van der Waals surface area contributed by atoms with Gasteiger partial charge in [0, 0.05) is 16.8 Å². The summed E-state index contributed by atoms with van der Waals surface area (Å²) in [6, 6.07) is 21.7. The van der Waals surface area contributed by atoms with E-state index < -0.39 is 0 Å². The van der Waals surface area contributed by atoms with Crippen LogP contribution in [0.1, 0.15) is 27.0 Å². The van der Waals surface area contributed by atoms with Crippen molar-refractivity contribution in [2.45, 2.75) is 12.8 Å². The molecule has 0 unspecified atom stereocenters. The van der Waals surface area contributed by atoms with Gasteiger partial charge in [-0.2, -0.15) is 0 Å². The van der Waals surface area contributed by atoms with Crippen molar-refractivity contribution in [3.63, 3.8) is 0 Å². The molecule has 124 valence electrons. The molecule has 1 N–H and O–H groups in total. The molecule has 3 aromatic carbocycles. The Morgan fingerprint density at radius 2 is 1.56 bits per heavy atom. The molecular formula is C22H19NO2. The van der Waals surface area contributed by atoms with Crippen LogP contribution in [0.5, 0.6) is 5.75 Å². The maximum absolute atomic E-state index is 12.9. The van der Waals surface area contributed by atoms with Crippen molar-refractivity contribution >= 4 is 17.2 Å². The minimum Gasteiger partial charge on any atom is -0.495 e. The first-order chi connectivity index (χ1) is 12.3. The molecule has 0 aromatic heterocycles. The van der Waals surface area contributed by atoms with Gasteiger partial charge in [-0.15, -0.1) is 0 Å². The molecule has 0 bridgehead atoms. The number of hydrogen-bond acceptors (Lipinski definition) is 3. The number of ketones is 1. The minimum atomic E-state index is 0.118. The van der Waals surface area contributed by atoms with Gasteiger partial charge in [0.1, 0.15) is 5.75 Å². The van der Waals surface area contributed by atoms with Gasteiger partial charge in [0.25, 0.3) is 0 Å². The SMILES string of the molecule is COc1ccccc1Nc1ccc2c(c1)CCc1ccccc1C2=O. The fraction of sp³-hybridized carbons (Fsp3) is 0.136.